The Labute approximate surface area is 112 Å². The van der Waals surface area contributed by atoms with E-state index in [9.17, 15) is 4.39 Å². The van der Waals surface area contributed by atoms with Gasteiger partial charge in [0.2, 0.25) is 0 Å². The van der Waals surface area contributed by atoms with Gasteiger partial charge in [-0.05, 0) is 52.7 Å². The molecular formula is C14H10BrFN2. The summed E-state index contributed by atoms with van der Waals surface area (Å²) < 4.78 is 14.5. The monoisotopic (exact) mass is 304 g/mol. The zero-order valence-electron chi connectivity index (χ0n) is 9.67. The molecule has 2 nitrogen and oxygen atoms in total. The van der Waals surface area contributed by atoms with Crippen LogP contribution in [0.25, 0.3) is 22.4 Å². The van der Waals surface area contributed by atoms with Crippen molar-refractivity contribution in [3.63, 3.8) is 0 Å². The van der Waals surface area contributed by atoms with E-state index in [1.165, 1.54) is 6.07 Å². The minimum atomic E-state index is -0.292. The van der Waals surface area contributed by atoms with Crippen LogP contribution >= 0.6 is 15.9 Å². The molecule has 0 radical (unpaired) electrons. The van der Waals surface area contributed by atoms with E-state index in [4.69, 9.17) is 0 Å². The predicted molar refractivity (Wildman–Crippen MR) is 73.9 cm³/mol. The number of fused-ring (bicyclic) bond motifs is 1. The number of nitrogens with zero attached hydrogens (tertiary/aromatic N) is 1. The van der Waals surface area contributed by atoms with Gasteiger partial charge in [0.05, 0.1) is 16.6 Å². The maximum absolute atomic E-state index is 13.9. The molecule has 1 aromatic heterocycles. The number of H-pyrrole nitrogens is 1. The maximum atomic E-state index is 13.9. The summed E-state index contributed by atoms with van der Waals surface area (Å²) >= 11 is 3.36. The standard InChI is InChI=1S/C14H10BrFN2/c1-8-5-6-11-12(7-8)18-14(17-11)13-9(15)3-2-4-10(13)16/h2-7H,1H3,(H,17,18). The Balaban J connectivity index is 2.26. The Morgan fingerprint density at radius 3 is 2.83 bits per heavy atom. The van der Waals surface area contributed by atoms with E-state index in [2.05, 4.69) is 25.9 Å². The van der Waals surface area contributed by atoms with E-state index >= 15 is 0 Å². The summed E-state index contributed by atoms with van der Waals surface area (Å²) in [6.07, 6.45) is 0. The van der Waals surface area contributed by atoms with Gasteiger partial charge in [0, 0.05) is 4.47 Å². The summed E-state index contributed by atoms with van der Waals surface area (Å²) in [5.74, 6) is 0.251. The van der Waals surface area contributed by atoms with Crippen molar-refractivity contribution in [2.24, 2.45) is 0 Å². The lowest BCUT2D eigenvalue weighted by atomic mass is 10.2. The Kier molecular flexibility index (Phi) is 2.67. The number of hydrogen-bond acceptors (Lipinski definition) is 1. The average Bonchev–Trinajstić information content (AvgIpc) is 2.71. The number of nitrogens with one attached hydrogen (secondary N) is 1. The van der Waals surface area contributed by atoms with Gasteiger partial charge in [0.1, 0.15) is 11.6 Å². The van der Waals surface area contributed by atoms with Gasteiger partial charge in [0.15, 0.2) is 0 Å². The van der Waals surface area contributed by atoms with E-state index in [0.29, 0.717) is 15.9 Å². The van der Waals surface area contributed by atoms with Crippen molar-refractivity contribution in [3.05, 3.63) is 52.3 Å². The van der Waals surface area contributed by atoms with Crippen molar-refractivity contribution >= 4 is 27.0 Å². The fraction of sp³-hybridized carbons (Fsp3) is 0.0714. The molecule has 90 valence electrons. The van der Waals surface area contributed by atoms with Crippen molar-refractivity contribution in [2.75, 3.05) is 0 Å². The lowest BCUT2D eigenvalue weighted by molar-refractivity contribution is 0.629. The van der Waals surface area contributed by atoms with Crippen LogP contribution in [-0.2, 0) is 0 Å². The predicted octanol–water partition coefficient (Wildman–Crippen LogP) is 4.44. The third-order valence-corrected chi connectivity index (χ3v) is 3.50. The third-order valence-electron chi connectivity index (χ3n) is 2.84. The van der Waals surface area contributed by atoms with Crippen molar-refractivity contribution < 1.29 is 4.39 Å². The summed E-state index contributed by atoms with van der Waals surface area (Å²) in [5.41, 5.74) is 3.36. The van der Waals surface area contributed by atoms with Gasteiger partial charge in [-0.15, -0.1) is 0 Å². The first-order valence-electron chi connectivity index (χ1n) is 5.56. The molecule has 4 heteroatoms. The highest BCUT2D eigenvalue weighted by molar-refractivity contribution is 9.10. The highest BCUT2D eigenvalue weighted by Crippen LogP contribution is 2.30. The van der Waals surface area contributed by atoms with Crippen molar-refractivity contribution in [1.82, 2.24) is 9.97 Å². The quantitative estimate of drug-likeness (QED) is 0.707. The highest BCUT2D eigenvalue weighted by atomic mass is 79.9. The summed E-state index contributed by atoms with van der Waals surface area (Å²) in [4.78, 5) is 7.57. The molecular weight excluding hydrogens is 295 g/mol. The van der Waals surface area contributed by atoms with Gasteiger partial charge in [-0.3, -0.25) is 0 Å². The normalized spacial score (nSPS) is 11.1. The van der Waals surface area contributed by atoms with Crippen molar-refractivity contribution in [2.45, 2.75) is 6.92 Å². The SMILES string of the molecule is Cc1ccc2nc(-c3c(F)cccc3Br)[nH]c2c1. The van der Waals surface area contributed by atoms with Crippen LogP contribution in [0.1, 0.15) is 5.56 Å². The zero-order chi connectivity index (χ0) is 12.7. The smallest absolute Gasteiger partial charge is 0.142 e. The topological polar surface area (TPSA) is 28.7 Å². The van der Waals surface area contributed by atoms with E-state index in [-0.39, 0.29) is 5.82 Å². The van der Waals surface area contributed by atoms with E-state index < -0.39 is 0 Å². The highest BCUT2D eigenvalue weighted by Gasteiger charge is 2.13. The van der Waals surface area contributed by atoms with Crippen LogP contribution in [0.15, 0.2) is 40.9 Å². The second-order valence-electron chi connectivity index (χ2n) is 4.20. The molecule has 0 spiro atoms. The number of benzene rings is 2. The third kappa shape index (κ3) is 1.82. The van der Waals surface area contributed by atoms with Gasteiger partial charge in [-0.25, -0.2) is 9.37 Å². The molecule has 1 N–H and O–H groups in total. The first kappa shape index (κ1) is 11.4. The first-order chi connectivity index (χ1) is 8.65. The molecule has 0 fully saturated rings. The van der Waals surface area contributed by atoms with Crippen molar-refractivity contribution in [3.8, 4) is 11.4 Å². The fourth-order valence-corrected chi connectivity index (χ4v) is 2.50. The first-order valence-corrected chi connectivity index (χ1v) is 6.35. The second-order valence-corrected chi connectivity index (χ2v) is 5.06. The molecule has 0 unspecified atom stereocenters. The molecule has 3 rings (SSSR count). The Morgan fingerprint density at radius 1 is 1.22 bits per heavy atom. The molecule has 0 aliphatic rings. The van der Waals surface area contributed by atoms with Crippen LogP contribution in [0, 0.1) is 12.7 Å². The lowest BCUT2D eigenvalue weighted by Gasteiger charge is -2.01. The molecule has 0 saturated carbocycles. The summed E-state index contributed by atoms with van der Waals surface area (Å²) in [6.45, 7) is 2.01. The minimum Gasteiger partial charge on any atom is -0.338 e. The maximum Gasteiger partial charge on any atom is 0.142 e. The number of rotatable bonds is 1. The van der Waals surface area contributed by atoms with Gasteiger partial charge >= 0.3 is 0 Å². The molecule has 0 aliphatic carbocycles. The molecule has 1 heterocycles. The summed E-state index contributed by atoms with van der Waals surface area (Å²) in [5, 5.41) is 0. The summed E-state index contributed by atoms with van der Waals surface area (Å²) in [7, 11) is 0. The van der Waals surface area contributed by atoms with Crippen LogP contribution in [0.5, 0.6) is 0 Å². The summed E-state index contributed by atoms with van der Waals surface area (Å²) in [6, 6.07) is 10.8. The van der Waals surface area contributed by atoms with Crippen LogP contribution < -0.4 is 0 Å². The molecule has 0 bridgehead atoms. The van der Waals surface area contributed by atoms with Crippen LogP contribution in [0.2, 0.25) is 0 Å². The van der Waals surface area contributed by atoms with Gasteiger partial charge in [0.25, 0.3) is 0 Å². The van der Waals surface area contributed by atoms with Crippen molar-refractivity contribution in [1.29, 1.82) is 0 Å². The van der Waals surface area contributed by atoms with E-state index in [1.54, 1.807) is 12.1 Å². The number of aromatic nitrogens is 2. The molecule has 3 aromatic rings. The van der Waals surface area contributed by atoms with Gasteiger partial charge in [-0.1, -0.05) is 12.1 Å². The number of aryl methyl sites for hydroxylation is 1. The largest absolute Gasteiger partial charge is 0.338 e. The minimum absolute atomic E-state index is 0.292. The Bertz CT molecular complexity index is 713. The molecule has 2 aromatic carbocycles. The van der Waals surface area contributed by atoms with Crippen LogP contribution in [0.3, 0.4) is 0 Å². The molecule has 0 atom stereocenters. The molecule has 18 heavy (non-hydrogen) atoms. The second kappa shape index (κ2) is 4.21. The van der Waals surface area contributed by atoms with E-state index in [0.717, 1.165) is 16.6 Å². The molecule has 0 saturated heterocycles. The number of hydrogen-bond donors (Lipinski definition) is 1. The molecule has 0 amide bonds. The number of aromatic amines is 1. The van der Waals surface area contributed by atoms with Crippen LogP contribution in [0.4, 0.5) is 4.39 Å². The fourth-order valence-electron chi connectivity index (χ4n) is 1.97. The Hall–Kier alpha value is -1.68. The molecule has 0 aliphatic heterocycles. The zero-order valence-corrected chi connectivity index (χ0v) is 11.3. The number of imidazole rings is 1. The van der Waals surface area contributed by atoms with E-state index in [1.807, 2.05) is 25.1 Å². The van der Waals surface area contributed by atoms with Gasteiger partial charge in [-0.2, -0.15) is 0 Å². The number of halogens is 2. The lowest BCUT2D eigenvalue weighted by Crippen LogP contribution is -1.87. The van der Waals surface area contributed by atoms with Crippen LogP contribution in [-0.4, -0.2) is 9.97 Å². The average molecular weight is 305 g/mol. The van der Waals surface area contributed by atoms with Gasteiger partial charge < -0.3 is 4.98 Å². The Morgan fingerprint density at radius 2 is 2.06 bits per heavy atom.